The Balaban J connectivity index is 2.01. The summed E-state index contributed by atoms with van der Waals surface area (Å²) in [6, 6.07) is 14.9. The van der Waals surface area contributed by atoms with Crippen LogP contribution in [-0.2, 0) is 0 Å². The number of para-hydroxylation sites is 1. The first-order chi connectivity index (χ1) is 10.4. The number of nitrogens with zero attached hydrogens (tertiary/aromatic N) is 3. The summed E-state index contributed by atoms with van der Waals surface area (Å²) in [7, 11) is 0. The Morgan fingerprint density at radius 2 is 1.86 bits per heavy atom. The molecule has 0 saturated carbocycles. The Hall–Kier alpha value is -2.81. The third kappa shape index (κ3) is 1.35. The van der Waals surface area contributed by atoms with Gasteiger partial charge in [0, 0.05) is 35.3 Å². The van der Waals surface area contributed by atoms with Gasteiger partial charge in [-0.25, -0.2) is 0 Å². The first-order valence-electron chi connectivity index (χ1n) is 7.06. The number of pyridine rings is 2. The molecule has 2 aliphatic rings. The smallest absolute Gasteiger partial charge is 0.233 e. The van der Waals surface area contributed by atoms with E-state index >= 15 is 0 Å². The topological polar surface area (TPSA) is 28.8 Å². The van der Waals surface area contributed by atoms with Gasteiger partial charge in [0.1, 0.15) is 5.69 Å². The molecule has 4 heterocycles. The molecule has 0 amide bonds. The van der Waals surface area contributed by atoms with E-state index in [1.165, 1.54) is 21.7 Å². The standard InChI is InChI=1S/C18H12N3/c1-2-6-15-12(4-1)10-16-18-14(5-3-8-20-18)13-7-9-19-11-17(13)21(15)16/h1-11,16H/q+1. The Labute approximate surface area is 121 Å². The Bertz CT molecular complexity index is 1000. The van der Waals surface area contributed by atoms with Crippen molar-refractivity contribution in [1.82, 2.24) is 14.5 Å². The Morgan fingerprint density at radius 3 is 2.86 bits per heavy atom. The van der Waals surface area contributed by atoms with Gasteiger partial charge in [0.15, 0.2) is 0 Å². The van der Waals surface area contributed by atoms with E-state index in [4.69, 9.17) is 0 Å². The first-order valence-corrected chi connectivity index (χ1v) is 7.06. The average molecular weight is 270 g/mol. The normalized spacial score (nSPS) is 17.3. The molecule has 2 aromatic heterocycles. The molecular formula is C18H12N3+. The van der Waals surface area contributed by atoms with E-state index in [0.29, 0.717) is 0 Å². The molecule has 0 N–H and O–H groups in total. The molecule has 1 aromatic carbocycles. The fraction of sp³-hybridized carbons (Fsp3) is 0.0556. The van der Waals surface area contributed by atoms with Crippen LogP contribution in [0.2, 0.25) is 0 Å². The Morgan fingerprint density at radius 1 is 0.905 bits per heavy atom. The van der Waals surface area contributed by atoms with Crippen molar-refractivity contribution in [2.75, 3.05) is 0 Å². The molecule has 21 heavy (non-hydrogen) atoms. The van der Waals surface area contributed by atoms with Crippen molar-refractivity contribution in [2.24, 2.45) is 0 Å². The lowest BCUT2D eigenvalue weighted by atomic mass is 9.95. The summed E-state index contributed by atoms with van der Waals surface area (Å²) in [4.78, 5) is 8.98. The van der Waals surface area contributed by atoms with Crippen molar-refractivity contribution in [3.8, 4) is 11.1 Å². The van der Waals surface area contributed by atoms with Gasteiger partial charge in [-0.3, -0.25) is 9.97 Å². The molecule has 0 spiro atoms. The fourth-order valence-corrected chi connectivity index (χ4v) is 3.41. The molecule has 2 aliphatic heterocycles. The number of fused-ring (bicyclic) bond motifs is 7. The molecule has 1 atom stereocenters. The number of hydrogen-bond donors (Lipinski definition) is 0. The molecule has 5 rings (SSSR count). The van der Waals surface area contributed by atoms with Crippen molar-refractivity contribution in [2.45, 2.75) is 6.04 Å². The SMILES string of the molecule is C1=c2ccccc2=[N+]2c3cnccc3-c3cccnc3C12. The summed E-state index contributed by atoms with van der Waals surface area (Å²) in [5.41, 5.74) is 4.69. The zero-order chi connectivity index (χ0) is 13.8. The molecule has 3 nitrogen and oxygen atoms in total. The van der Waals surface area contributed by atoms with Crippen molar-refractivity contribution < 1.29 is 0 Å². The van der Waals surface area contributed by atoms with Crippen LogP contribution in [0.15, 0.2) is 61.1 Å². The van der Waals surface area contributed by atoms with Crippen molar-refractivity contribution in [1.29, 1.82) is 0 Å². The van der Waals surface area contributed by atoms with Crippen molar-refractivity contribution >= 4 is 11.8 Å². The summed E-state index contributed by atoms with van der Waals surface area (Å²) in [5.74, 6) is 0. The van der Waals surface area contributed by atoms with E-state index in [1.807, 2.05) is 24.7 Å². The van der Waals surface area contributed by atoms with Gasteiger partial charge < -0.3 is 0 Å². The van der Waals surface area contributed by atoms with Gasteiger partial charge in [0.2, 0.25) is 17.1 Å². The van der Waals surface area contributed by atoms with Gasteiger partial charge in [0.25, 0.3) is 0 Å². The molecule has 0 radical (unpaired) electrons. The number of benzene rings is 1. The van der Waals surface area contributed by atoms with E-state index in [2.05, 4.69) is 57.0 Å². The van der Waals surface area contributed by atoms with Crippen LogP contribution >= 0.6 is 0 Å². The molecule has 98 valence electrons. The lowest BCUT2D eigenvalue weighted by Gasteiger charge is -2.20. The predicted octanol–water partition coefficient (Wildman–Crippen LogP) is 1.82. The minimum atomic E-state index is 0.162. The number of hydrogen-bond acceptors (Lipinski definition) is 2. The minimum Gasteiger partial charge on any atom is -0.258 e. The summed E-state index contributed by atoms with van der Waals surface area (Å²) in [6.07, 6.45) is 7.97. The summed E-state index contributed by atoms with van der Waals surface area (Å²) >= 11 is 0. The maximum Gasteiger partial charge on any atom is 0.233 e. The zero-order valence-corrected chi connectivity index (χ0v) is 11.3. The molecule has 1 unspecified atom stereocenters. The molecule has 0 aliphatic carbocycles. The van der Waals surface area contributed by atoms with Gasteiger partial charge in [-0.1, -0.05) is 18.2 Å². The Kier molecular flexibility index (Phi) is 2.00. The molecule has 0 fully saturated rings. The summed E-state index contributed by atoms with van der Waals surface area (Å²) < 4.78 is 2.34. The predicted molar refractivity (Wildman–Crippen MR) is 81.3 cm³/mol. The fourth-order valence-electron chi connectivity index (χ4n) is 3.41. The zero-order valence-electron chi connectivity index (χ0n) is 11.3. The van der Waals surface area contributed by atoms with E-state index in [0.717, 1.165) is 11.4 Å². The van der Waals surface area contributed by atoms with Crippen LogP contribution in [-0.4, -0.2) is 9.97 Å². The maximum atomic E-state index is 4.65. The lowest BCUT2D eigenvalue weighted by Crippen LogP contribution is -2.33. The molecular weight excluding hydrogens is 258 g/mol. The van der Waals surface area contributed by atoms with Crippen LogP contribution in [0.3, 0.4) is 0 Å². The second-order valence-corrected chi connectivity index (χ2v) is 5.37. The molecule has 0 bridgehead atoms. The third-order valence-electron chi connectivity index (χ3n) is 4.28. The largest absolute Gasteiger partial charge is 0.258 e. The van der Waals surface area contributed by atoms with E-state index in [-0.39, 0.29) is 6.04 Å². The highest BCUT2D eigenvalue weighted by Gasteiger charge is 2.38. The molecule has 0 saturated heterocycles. The van der Waals surface area contributed by atoms with Crippen LogP contribution in [0.4, 0.5) is 5.69 Å². The van der Waals surface area contributed by atoms with Crippen LogP contribution in [0.5, 0.6) is 0 Å². The van der Waals surface area contributed by atoms with Crippen molar-refractivity contribution in [3.05, 3.63) is 77.3 Å². The van der Waals surface area contributed by atoms with Gasteiger partial charge in [0.05, 0.1) is 11.8 Å². The number of rotatable bonds is 0. The highest BCUT2D eigenvalue weighted by Crippen LogP contribution is 2.41. The van der Waals surface area contributed by atoms with Crippen molar-refractivity contribution in [3.63, 3.8) is 0 Å². The first kappa shape index (κ1) is 10.9. The minimum absolute atomic E-state index is 0.162. The van der Waals surface area contributed by atoms with Crippen LogP contribution < -0.4 is 15.2 Å². The highest BCUT2D eigenvalue weighted by atomic mass is 15.1. The quantitative estimate of drug-likeness (QED) is 0.583. The van der Waals surface area contributed by atoms with E-state index in [1.54, 1.807) is 0 Å². The van der Waals surface area contributed by atoms with Gasteiger partial charge >= 0.3 is 0 Å². The van der Waals surface area contributed by atoms with Gasteiger partial charge in [-0.05, 0) is 18.2 Å². The monoisotopic (exact) mass is 270 g/mol. The summed E-state index contributed by atoms with van der Waals surface area (Å²) in [6.45, 7) is 0. The molecule has 3 aromatic rings. The number of aromatic nitrogens is 2. The highest BCUT2D eigenvalue weighted by molar-refractivity contribution is 5.81. The van der Waals surface area contributed by atoms with Crippen LogP contribution in [0, 0.1) is 0 Å². The summed E-state index contributed by atoms with van der Waals surface area (Å²) in [5, 5.41) is 2.49. The van der Waals surface area contributed by atoms with Crippen LogP contribution in [0.25, 0.3) is 17.2 Å². The second-order valence-electron chi connectivity index (χ2n) is 5.37. The van der Waals surface area contributed by atoms with Gasteiger partial charge in [-0.15, -0.1) is 0 Å². The third-order valence-corrected chi connectivity index (χ3v) is 4.28. The second kappa shape index (κ2) is 3.85. The maximum absolute atomic E-state index is 4.65. The van der Waals surface area contributed by atoms with Crippen LogP contribution in [0.1, 0.15) is 11.7 Å². The van der Waals surface area contributed by atoms with E-state index < -0.39 is 0 Å². The lowest BCUT2D eigenvalue weighted by molar-refractivity contribution is 0.661. The molecule has 3 heteroatoms. The van der Waals surface area contributed by atoms with Gasteiger partial charge in [-0.2, -0.15) is 4.58 Å². The average Bonchev–Trinajstić information content (AvgIpc) is 2.95. The van der Waals surface area contributed by atoms with E-state index in [9.17, 15) is 0 Å².